The second-order valence-corrected chi connectivity index (χ2v) is 7.68. The summed E-state index contributed by atoms with van der Waals surface area (Å²) >= 11 is 0. The zero-order chi connectivity index (χ0) is 21.6. The van der Waals surface area contributed by atoms with Crippen molar-refractivity contribution in [1.29, 1.82) is 0 Å². The van der Waals surface area contributed by atoms with E-state index in [0.717, 1.165) is 48.1 Å². The van der Waals surface area contributed by atoms with E-state index in [9.17, 15) is 4.79 Å². The van der Waals surface area contributed by atoms with Crippen molar-refractivity contribution in [2.75, 3.05) is 12.3 Å². The fourth-order valence-corrected chi connectivity index (χ4v) is 3.83. The number of imidazole rings is 1. The third-order valence-electron chi connectivity index (χ3n) is 5.44. The first kappa shape index (κ1) is 23.5. The molecule has 0 aliphatic carbocycles. The van der Waals surface area contributed by atoms with Crippen molar-refractivity contribution in [2.45, 2.75) is 45.6 Å². The number of pyridine rings is 2. The Kier molecular flexibility index (Phi) is 8.00. The molecule has 0 aliphatic heterocycles. The Labute approximate surface area is 193 Å². The van der Waals surface area contributed by atoms with Gasteiger partial charge in [0.1, 0.15) is 22.4 Å². The van der Waals surface area contributed by atoms with Crippen LogP contribution in [0, 0.1) is 0 Å². The monoisotopic (exact) mass is 452 g/mol. The molecule has 3 N–H and O–H groups in total. The third kappa shape index (κ3) is 5.16. The number of hydrogen-bond acceptors (Lipinski definition) is 5. The molecule has 0 bridgehead atoms. The minimum Gasteiger partial charge on any atom is -0.382 e. The summed E-state index contributed by atoms with van der Waals surface area (Å²) in [6, 6.07) is 13.8. The van der Waals surface area contributed by atoms with Crippen LogP contribution in [0.2, 0.25) is 0 Å². The van der Waals surface area contributed by atoms with Gasteiger partial charge in [-0.2, -0.15) is 0 Å². The number of benzene rings is 1. The number of halogens is 1. The molecule has 0 radical (unpaired) electrons. The largest absolute Gasteiger partial charge is 0.382 e. The molecular weight excluding hydrogens is 424 g/mol. The molecule has 3 heterocycles. The molecule has 0 saturated carbocycles. The van der Waals surface area contributed by atoms with Crippen molar-refractivity contribution in [3.8, 4) is 0 Å². The smallest absolute Gasteiger partial charge is 0.220 e. The number of nitrogen functional groups attached to an aromatic ring is 1. The number of aromatic nitrogens is 4. The van der Waals surface area contributed by atoms with Gasteiger partial charge in [-0.25, -0.2) is 9.97 Å². The van der Waals surface area contributed by atoms with E-state index in [1.807, 2.05) is 42.5 Å². The van der Waals surface area contributed by atoms with Crippen LogP contribution in [0.1, 0.15) is 37.6 Å². The minimum absolute atomic E-state index is 0. The third-order valence-corrected chi connectivity index (χ3v) is 5.44. The first-order valence-corrected chi connectivity index (χ1v) is 10.9. The maximum absolute atomic E-state index is 12.4. The van der Waals surface area contributed by atoms with Crippen LogP contribution in [-0.4, -0.2) is 32.0 Å². The highest BCUT2D eigenvalue weighted by Crippen LogP contribution is 2.27. The van der Waals surface area contributed by atoms with Crippen LogP contribution in [0.25, 0.3) is 22.1 Å². The van der Waals surface area contributed by atoms with Crippen LogP contribution in [0.15, 0.2) is 48.7 Å². The van der Waals surface area contributed by atoms with E-state index in [4.69, 9.17) is 10.7 Å². The zero-order valence-electron chi connectivity index (χ0n) is 18.3. The molecule has 1 amide bonds. The number of nitrogens with one attached hydrogen (secondary N) is 1. The van der Waals surface area contributed by atoms with Crippen molar-refractivity contribution in [3.63, 3.8) is 0 Å². The van der Waals surface area contributed by atoms with Crippen LogP contribution in [0.5, 0.6) is 0 Å². The van der Waals surface area contributed by atoms with Gasteiger partial charge in [0.15, 0.2) is 5.82 Å². The van der Waals surface area contributed by atoms with E-state index in [1.165, 1.54) is 5.56 Å². The molecule has 0 fully saturated rings. The molecule has 0 atom stereocenters. The predicted octanol–water partition coefficient (Wildman–Crippen LogP) is 4.08. The SMILES string of the molecule is CCCCc1nc2c(N)nc3cccnc3c2n1CCNC(=O)CCc1ccccc1.Cl. The molecule has 4 rings (SSSR count). The van der Waals surface area contributed by atoms with Crippen LogP contribution >= 0.6 is 12.4 Å². The Bertz CT molecular complexity index is 1190. The number of hydrogen-bond donors (Lipinski definition) is 2. The molecule has 0 unspecified atom stereocenters. The Morgan fingerprint density at radius 2 is 1.88 bits per heavy atom. The number of carbonyl (C=O) groups is 1. The maximum Gasteiger partial charge on any atom is 0.220 e. The molecule has 32 heavy (non-hydrogen) atoms. The highest BCUT2D eigenvalue weighted by atomic mass is 35.5. The molecule has 0 spiro atoms. The topological polar surface area (TPSA) is 98.7 Å². The zero-order valence-corrected chi connectivity index (χ0v) is 19.1. The summed E-state index contributed by atoms with van der Waals surface area (Å²) in [5.74, 6) is 1.42. The average molecular weight is 453 g/mol. The first-order chi connectivity index (χ1) is 15.2. The summed E-state index contributed by atoms with van der Waals surface area (Å²) < 4.78 is 2.15. The Morgan fingerprint density at radius 1 is 1.06 bits per heavy atom. The second-order valence-electron chi connectivity index (χ2n) is 7.68. The summed E-state index contributed by atoms with van der Waals surface area (Å²) in [5, 5.41) is 3.05. The standard InChI is InChI=1S/C24H28N6O.ClH/c1-2-3-11-19-29-22-23(21-18(28-24(22)25)10-7-14-27-21)30(19)16-15-26-20(31)13-12-17-8-5-4-6-9-17;/h4-10,14H,2-3,11-13,15-16H2,1H3,(H2,25,28)(H,26,31);1H. The number of amides is 1. The number of nitrogens with two attached hydrogens (primary N) is 1. The molecule has 4 aromatic rings. The van der Waals surface area contributed by atoms with E-state index < -0.39 is 0 Å². The minimum atomic E-state index is 0. The number of rotatable bonds is 9. The van der Waals surface area contributed by atoms with Crippen molar-refractivity contribution < 1.29 is 4.79 Å². The maximum atomic E-state index is 12.4. The lowest BCUT2D eigenvalue weighted by atomic mass is 10.1. The van der Waals surface area contributed by atoms with Crippen LogP contribution in [0.3, 0.4) is 0 Å². The lowest BCUT2D eigenvalue weighted by molar-refractivity contribution is -0.121. The van der Waals surface area contributed by atoms with Crippen molar-refractivity contribution >= 4 is 46.2 Å². The number of anilines is 1. The average Bonchev–Trinajstić information content (AvgIpc) is 3.16. The van der Waals surface area contributed by atoms with Gasteiger partial charge in [-0.1, -0.05) is 43.7 Å². The van der Waals surface area contributed by atoms with E-state index in [0.29, 0.717) is 30.8 Å². The molecule has 8 heteroatoms. The van der Waals surface area contributed by atoms with Gasteiger partial charge in [0, 0.05) is 32.1 Å². The van der Waals surface area contributed by atoms with Crippen LogP contribution < -0.4 is 11.1 Å². The molecule has 3 aromatic heterocycles. The molecule has 168 valence electrons. The van der Waals surface area contributed by atoms with Gasteiger partial charge in [-0.05, 0) is 30.5 Å². The Balaban J connectivity index is 0.00000289. The lowest BCUT2D eigenvalue weighted by Gasteiger charge is -2.11. The number of fused-ring (bicyclic) bond motifs is 3. The molecular formula is C24H29ClN6O. The molecule has 1 aromatic carbocycles. The highest BCUT2D eigenvalue weighted by molar-refractivity contribution is 6.04. The van der Waals surface area contributed by atoms with Gasteiger partial charge >= 0.3 is 0 Å². The van der Waals surface area contributed by atoms with E-state index in [1.54, 1.807) is 6.20 Å². The van der Waals surface area contributed by atoms with Crippen molar-refractivity contribution in [3.05, 3.63) is 60.0 Å². The van der Waals surface area contributed by atoms with Gasteiger partial charge in [0.05, 0.1) is 5.52 Å². The second kappa shape index (κ2) is 10.9. The summed E-state index contributed by atoms with van der Waals surface area (Å²) in [6.45, 7) is 3.29. The number of aryl methyl sites for hydroxylation is 2. The summed E-state index contributed by atoms with van der Waals surface area (Å²) in [5.41, 5.74) is 10.5. The lowest BCUT2D eigenvalue weighted by Crippen LogP contribution is -2.27. The van der Waals surface area contributed by atoms with Crippen LogP contribution in [0.4, 0.5) is 5.82 Å². The van der Waals surface area contributed by atoms with E-state index >= 15 is 0 Å². The number of carbonyl (C=O) groups excluding carboxylic acids is 1. The quantitative estimate of drug-likeness (QED) is 0.398. The summed E-state index contributed by atoms with van der Waals surface area (Å²) in [7, 11) is 0. The molecule has 0 saturated heterocycles. The molecule has 7 nitrogen and oxygen atoms in total. The van der Waals surface area contributed by atoms with E-state index in [2.05, 4.69) is 26.8 Å². The Morgan fingerprint density at radius 3 is 2.66 bits per heavy atom. The number of nitrogens with zero attached hydrogens (tertiary/aromatic N) is 4. The van der Waals surface area contributed by atoms with Gasteiger partial charge in [0.25, 0.3) is 0 Å². The first-order valence-electron chi connectivity index (χ1n) is 10.9. The van der Waals surface area contributed by atoms with Crippen molar-refractivity contribution in [1.82, 2.24) is 24.8 Å². The summed E-state index contributed by atoms with van der Waals surface area (Å²) in [4.78, 5) is 26.2. The van der Waals surface area contributed by atoms with Gasteiger partial charge < -0.3 is 15.6 Å². The molecule has 0 aliphatic rings. The fourth-order valence-electron chi connectivity index (χ4n) is 3.83. The highest BCUT2D eigenvalue weighted by Gasteiger charge is 2.18. The Hall–Kier alpha value is -3.19. The normalized spacial score (nSPS) is 10.9. The fraction of sp³-hybridized carbons (Fsp3) is 0.333. The van der Waals surface area contributed by atoms with Gasteiger partial charge in [-0.15, -0.1) is 12.4 Å². The summed E-state index contributed by atoms with van der Waals surface area (Å²) in [6.07, 6.45) is 5.92. The van der Waals surface area contributed by atoms with Gasteiger partial charge in [-0.3, -0.25) is 9.78 Å². The predicted molar refractivity (Wildman–Crippen MR) is 131 cm³/mol. The number of unbranched alkanes of at least 4 members (excludes halogenated alkanes) is 1. The van der Waals surface area contributed by atoms with E-state index in [-0.39, 0.29) is 18.3 Å². The van der Waals surface area contributed by atoms with Crippen LogP contribution in [-0.2, 0) is 24.2 Å². The van der Waals surface area contributed by atoms with Gasteiger partial charge in [0.2, 0.25) is 5.91 Å². The van der Waals surface area contributed by atoms with Crippen molar-refractivity contribution in [2.24, 2.45) is 0 Å².